The Morgan fingerprint density at radius 1 is 1.04 bits per heavy atom. The fourth-order valence-corrected chi connectivity index (χ4v) is 2.20. The monoisotopic (exact) mass is 375 g/mol. The summed E-state index contributed by atoms with van der Waals surface area (Å²) in [5.41, 5.74) is 0.520. The largest absolute Gasteiger partial charge is 0.457 e. The Balaban J connectivity index is 2.28. The van der Waals surface area contributed by atoms with Crippen LogP contribution in [-0.4, -0.2) is 25.1 Å². The first-order valence-corrected chi connectivity index (χ1v) is 7.83. The number of para-hydroxylation sites is 1. The molecule has 2 aromatic rings. The number of ether oxygens (including phenoxy) is 2. The number of amides is 4. The van der Waals surface area contributed by atoms with Gasteiger partial charge < -0.3 is 14.8 Å². The molecule has 0 aromatic heterocycles. The van der Waals surface area contributed by atoms with E-state index in [4.69, 9.17) is 4.74 Å². The lowest BCUT2D eigenvalue weighted by Crippen LogP contribution is -2.38. The normalized spacial score (nSPS) is 9.81. The molecular formula is C17H17N3O5S. The number of carbonyl (C=O) groups is 3. The number of rotatable bonds is 4. The molecule has 2 N–H and O–H groups in total. The molecule has 8 nitrogen and oxygen atoms in total. The van der Waals surface area contributed by atoms with Crippen molar-refractivity contribution in [2.45, 2.75) is 6.92 Å². The first-order chi connectivity index (χ1) is 12.4. The summed E-state index contributed by atoms with van der Waals surface area (Å²) in [5.74, 6) is 0.706. The van der Waals surface area contributed by atoms with Crippen molar-refractivity contribution in [3.05, 3.63) is 48.5 Å². The molecule has 4 amide bonds. The summed E-state index contributed by atoms with van der Waals surface area (Å²) >= 11 is 4.07. The smallest absolute Gasteiger partial charge is 0.415 e. The number of alkyl carbamates (subject to hydrolysis) is 1. The Bertz CT molecular complexity index is 813. The van der Waals surface area contributed by atoms with Gasteiger partial charge in [0.25, 0.3) is 0 Å². The van der Waals surface area contributed by atoms with Gasteiger partial charge in [-0.1, -0.05) is 31.0 Å². The molecular weight excluding hydrogens is 358 g/mol. The molecule has 2 rings (SSSR count). The summed E-state index contributed by atoms with van der Waals surface area (Å²) in [4.78, 5) is 34.7. The second-order valence-corrected chi connectivity index (χ2v) is 5.41. The number of thiol groups is 1. The maximum absolute atomic E-state index is 12.0. The van der Waals surface area contributed by atoms with Crippen molar-refractivity contribution in [1.29, 1.82) is 0 Å². The Morgan fingerprint density at radius 3 is 2.35 bits per heavy atom. The second-order valence-electron chi connectivity index (χ2n) is 5.01. The zero-order valence-corrected chi connectivity index (χ0v) is 14.9. The highest BCUT2D eigenvalue weighted by molar-refractivity contribution is 7.82. The average molecular weight is 375 g/mol. The standard InChI is InChI=1S/C17H17N3O5S/c1-11(21)18-14-10-13(25-12-6-4-3-5-7-12)8-9-15(14)20(26)16(22)19-17(23)24-2/h3-10,26H,1-2H3,(H,18,21)(H,19,22,23). The van der Waals surface area contributed by atoms with Crippen molar-refractivity contribution in [1.82, 2.24) is 5.32 Å². The third-order valence-electron chi connectivity index (χ3n) is 3.07. The number of imide groups is 1. The van der Waals surface area contributed by atoms with Crippen LogP contribution in [-0.2, 0) is 9.53 Å². The number of carbonyl (C=O) groups excluding carboxylic acids is 3. The van der Waals surface area contributed by atoms with Crippen LogP contribution in [0.15, 0.2) is 48.5 Å². The second kappa shape index (κ2) is 8.77. The van der Waals surface area contributed by atoms with Gasteiger partial charge in [0.2, 0.25) is 5.91 Å². The molecule has 0 aliphatic heterocycles. The van der Waals surface area contributed by atoms with Crippen molar-refractivity contribution >= 4 is 42.2 Å². The molecule has 136 valence electrons. The molecule has 0 heterocycles. The van der Waals surface area contributed by atoms with Gasteiger partial charge in [0.1, 0.15) is 11.5 Å². The van der Waals surface area contributed by atoms with Crippen LogP contribution in [0.4, 0.5) is 21.0 Å². The van der Waals surface area contributed by atoms with E-state index >= 15 is 0 Å². The van der Waals surface area contributed by atoms with Crippen LogP contribution in [0.3, 0.4) is 0 Å². The van der Waals surface area contributed by atoms with Crippen molar-refractivity contribution in [3.63, 3.8) is 0 Å². The van der Waals surface area contributed by atoms with Gasteiger partial charge in [-0.3, -0.25) is 4.79 Å². The fraction of sp³-hybridized carbons (Fsp3) is 0.118. The molecule has 0 fully saturated rings. The number of hydrogen-bond acceptors (Lipinski definition) is 6. The molecule has 2 aromatic carbocycles. The molecule has 0 spiro atoms. The Labute approximate surface area is 155 Å². The zero-order valence-electron chi connectivity index (χ0n) is 14.1. The van der Waals surface area contributed by atoms with Gasteiger partial charge in [-0.15, -0.1) is 0 Å². The van der Waals surface area contributed by atoms with E-state index in [1.165, 1.54) is 13.0 Å². The Morgan fingerprint density at radius 2 is 1.73 bits per heavy atom. The molecule has 0 unspecified atom stereocenters. The summed E-state index contributed by atoms with van der Waals surface area (Å²) in [6.45, 7) is 1.33. The van der Waals surface area contributed by atoms with Crippen LogP contribution >= 0.6 is 12.8 Å². The predicted octanol–water partition coefficient (Wildman–Crippen LogP) is 3.56. The van der Waals surface area contributed by atoms with E-state index in [-0.39, 0.29) is 17.3 Å². The average Bonchev–Trinajstić information content (AvgIpc) is 2.61. The van der Waals surface area contributed by atoms with E-state index in [0.717, 1.165) is 11.4 Å². The Hall–Kier alpha value is -3.20. The van der Waals surface area contributed by atoms with Crippen LogP contribution in [0.2, 0.25) is 0 Å². The molecule has 0 bridgehead atoms. The van der Waals surface area contributed by atoms with Crippen molar-refractivity contribution in [2.75, 3.05) is 16.7 Å². The molecule has 9 heteroatoms. The molecule has 0 radical (unpaired) electrons. The first-order valence-electron chi connectivity index (χ1n) is 7.43. The number of methoxy groups -OCH3 is 1. The molecule has 0 aliphatic carbocycles. The number of hydrogen-bond donors (Lipinski definition) is 3. The topological polar surface area (TPSA) is 97.0 Å². The zero-order chi connectivity index (χ0) is 19.1. The summed E-state index contributed by atoms with van der Waals surface area (Å²) in [6.07, 6.45) is -0.931. The van der Waals surface area contributed by atoms with Crippen LogP contribution in [0.5, 0.6) is 11.5 Å². The third-order valence-corrected chi connectivity index (χ3v) is 3.47. The van der Waals surface area contributed by atoms with Crippen molar-refractivity contribution < 1.29 is 23.9 Å². The summed E-state index contributed by atoms with van der Waals surface area (Å²) in [7, 11) is 1.13. The van der Waals surface area contributed by atoms with E-state index < -0.39 is 12.1 Å². The van der Waals surface area contributed by atoms with E-state index in [1.54, 1.807) is 24.3 Å². The highest BCUT2D eigenvalue weighted by Crippen LogP contribution is 2.33. The fourth-order valence-electron chi connectivity index (χ4n) is 1.98. The first kappa shape index (κ1) is 19.1. The lowest BCUT2D eigenvalue weighted by molar-refractivity contribution is -0.114. The van der Waals surface area contributed by atoms with E-state index in [2.05, 4.69) is 22.9 Å². The van der Waals surface area contributed by atoms with Gasteiger partial charge in [-0.2, -0.15) is 0 Å². The van der Waals surface area contributed by atoms with Crippen LogP contribution in [0.1, 0.15) is 6.92 Å². The maximum Gasteiger partial charge on any atom is 0.415 e. The molecule has 26 heavy (non-hydrogen) atoms. The van der Waals surface area contributed by atoms with Gasteiger partial charge in [0.15, 0.2) is 0 Å². The van der Waals surface area contributed by atoms with Gasteiger partial charge in [0, 0.05) is 13.0 Å². The lowest BCUT2D eigenvalue weighted by atomic mass is 10.2. The number of nitrogens with one attached hydrogen (secondary N) is 2. The summed E-state index contributed by atoms with van der Waals surface area (Å²) in [6, 6.07) is 12.9. The highest BCUT2D eigenvalue weighted by atomic mass is 32.1. The van der Waals surface area contributed by atoms with Crippen LogP contribution in [0, 0.1) is 0 Å². The van der Waals surface area contributed by atoms with E-state index in [1.807, 2.05) is 23.5 Å². The lowest BCUT2D eigenvalue weighted by Gasteiger charge is -2.20. The van der Waals surface area contributed by atoms with Gasteiger partial charge >= 0.3 is 12.1 Å². The number of urea groups is 1. The van der Waals surface area contributed by atoms with Gasteiger partial charge in [0.05, 0.1) is 18.5 Å². The minimum absolute atomic E-state index is 0.241. The van der Waals surface area contributed by atoms with Gasteiger partial charge in [-0.05, 0) is 24.3 Å². The quantitative estimate of drug-likeness (QED) is 0.710. The third kappa shape index (κ3) is 5.15. The minimum Gasteiger partial charge on any atom is -0.457 e. The van der Waals surface area contributed by atoms with E-state index in [9.17, 15) is 14.4 Å². The molecule has 0 saturated carbocycles. The van der Waals surface area contributed by atoms with Crippen molar-refractivity contribution in [3.8, 4) is 11.5 Å². The molecule has 0 atom stereocenters. The summed E-state index contributed by atoms with van der Waals surface area (Å²) < 4.78 is 10.9. The minimum atomic E-state index is -0.931. The maximum atomic E-state index is 12.0. The van der Waals surface area contributed by atoms with Gasteiger partial charge in [-0.25, -0.2) is 19.2 Å². The number of nitrogens with zero attached hydrogens (tertiary/aromatic N) is 1. The summed E-state index contributed by atoms with van der Waals surface area (Å²) in [5, 5.41) is 4.57. The number of benzene rings is 2. The Kier molecular flexibility index (Phi) is 6.45. The van der Waals surface area contributed by atoms with E-state index in [0.29, 0.717) is 11.5 Å². The molecule has 0 aliphatic rings. The SMILES string of the molecule is COC(=O)NC(=O)N(S)c1ccc(Oc2ccccc2)cc1NC(C)=O. The van der Waals surface area contributed by atoms with Crippen LogP contribution in [0.25, 0.3) is 0 Å². The predicted molar refractivity (Wildman–Crippen MR) is 99.7 cm³/mol. The molecule has 0 saturated heterocycles. The highest BCUT2D eigenvalue weighted by Gasteiger charge is 2.19. The van der Waals surface area contributed by atoms with Crippen LogP contribution < -0.4 is 19.7 Å². The number of anilines is 2. The van der Waals surface area contributed by atoms with Crippen molar-refractivity contribution in [2.24, 2.45) is 0 Å².